The van der Waals surface area contributed by atoms with Crippen LogP contribution in [-0.4, -0.2) is 41.6 Å². The van der Waals surface area contributed by atoms with Crippen molar-refractivity contribution >= 4 is 11.8 Å². The van der Waals surface area contributed by atoms with Gasteiger partial charge in [-0.1, -0.05) is 121 Å². The fraction of sp³-hybridized carbons (Fsp3) is 0.273. The number of thioether (sulfide) groups is 1. The van der Waals surface area contributed by atoms with E-state index in [-0.39, 0.29) is 0 Å². The Morgan fingerprint density at radius 2 is 1.05 bits per heavy atom. The van der Waals surface area contributed by atoms with E-state index in [1.165, 1.54) is 11.8 Å². The lowest BCUT2D eigenvalue weighted by Crippen LogP contribution is -2.59. The third-order valence-electron chi connectivity index (χ3n) is 6.57. The summed E-state index contributed by atoms with van der Waals surface area (Å²) in [5, 5.41) is 11.6. The maximum absolute atomic E-state index is 11.6. The van der Waals surface area contributed by atoms with Gasteiger partial charge in [-0.2, -0.15) is 0 Å². The molecule has 4 aromatic rings. The summed E-state index contributed by atoms with van der Waals surface area (Å²) in [5.74, 6) is 0. The molecule has 1 saturated heterocycles. The van der Waals surface area contributed by atoms with Crippen molar-refractivity contribution in [3.05, 3.63) is 138 Å². The average Bonchev–Trinajstić information content (AvgIpc) is 2.99. The van der Waals surface area contributed by atoms with Gasteiger partial charge in [0.2, 0.25) is 0 Å². The summed E-state index contributed by atoms with van der Waals surface area (Å²) in [6, 6.07) is 40.0. The third kappa shape index (κ3) is 8.02. The largest absolute Gasteiger partial charge is 0.387 e. The van der Waals surface area contributed by atoms with Crippen LogP contribution in [0.5, 0.6) is 0 Å². The molecule has 0 unspecified atom stereocenters. The van der Waals surface area contributed by atoms with Gasteiger partial charge in [0, 0.05) is 4.90 Å². The lowest BCUT2D eigenvalue weighted by atomic mass is 9.99. The number of ether oxygens (including phenoxy) is 4. The van der Waals surface area contributed by atoms with Crippen molar-refractivity contribution in [1.29, 1.82) is 0 Å². The lowest BCUT2D eigenvalue weighted by molar-refractivity contribution is -0.243. The van der Waals surface area contributed by atoms with E-state index < -0.39 is 29.9 Å². The van der Waals surface area contributed by atoms with Crippen molar-refractivity contribution in [3.8, 4) is 0 Å². The summed E-state index contributed by atoms with van der Waals surface area (Å²) in [6.45, 7) is 1.49. The molecule has 6 heteroatoms. The molecule has 0 radical (unpaired) electrons. The van der Waals surface area contributed by atoms with Crippen molar-refractivity contribution in [2.45, 2.75) is 54.6 Å². The normalized spacial score (nSPS) is 22.9. The van der Waals surface area contributed by atoms with Crippen molar-refractivity contribution in [3.63, 3.8) is 0 Å². The van der Waals surface area contributed by atoms with E-state index in [0.29, 0.717) is 26.4 Å². The summed E-state index contributed by atoms with van der Waals surface area (Å²) in [5.41, 5.74) is 2.61. The molecular formula is C33H34O5S. The summed E-state index contributed by atoms with van der Waals surface area (Å²) in [6.07, 6.45) is -2.51. The van der Waals surface area contributed by atoms with Crippen molar-refractivity contribution in [2.24, 2.45) is 0 Å². The van der Waals surface area contributed by atoms with Crippen molar-refractivity contribution in [2.75, 3.05) is 6.61 Å². The molecule has 202 valence electrons. The van der Waals surface area contributed by atoms with E-state index in [1.807, 2.05) is 121 Å². The zero-order chi connectivity index (χ0) is 26.7. The number of hydrogen-bond acceptors (Lipinski definition) is 6. The predicted molar refractivity (Wildman–Crippen MR) is 153 cm³/mol. The quantitative estimate of drug-likeness (QED) is 0.228. The first-order chi connectivity index (χ1) is 19.3. The molecule has 1 N–H and O–H groups in total. The van der Waals surface area contributed by atoms with Crippen LogP contribution in [-0.2, 0) is 38.8 Å². The Kier molecular flexibility index (Phi) is 10.2. The molecule has 0 amide bonds. The Bertz CT molecular complexity index is 1230. The molecule has 4 aromatic carbocycles. The number of hydrogen-bond donors (Lipinski definition) is 1. The van der Waals surface area contributed by atoms with E-state index in [9.17, 15) is 5.11 Å². The maximum Gasteiger partial charge on any atom is 0.136 e. The van der Waals surface area contributed by atoms with Crippen LogP contribution in [0.15, 0.2) is 126 Å². The fourth-order valence-electron chi connectivity index (χ4n) is 4.55. The van der Waals surface area contributed by atoms with Gasteiger partial charge in [-0.25, -0.2) is 0 Å². The molecule has 1 aliphatic heterocycles. The molecular weight excluding hydrogens is 508 g/mol. The van der Waals surface area contributed by atoms with Crippen LogP contribution >= 0.6 is 11.8 Å². The van der Waals surface area contributed by atoms with Gasteiger partial charge in [-0.3, -0.25) is 0 Å². The van der Waals surface area contributed by atoms with Gasteiger partial charge in [-0.15, -0.1) is 0 Å². The Morgan fingerprint density at radius 1 is 0.590 bits per heavy atom. The van der Waals surface area contributed by atoms with Crippen LogP contribution in [0.4, 0.5) is 0 Å². The van der Waals surface area contributed by atoms with E-state index in [1.54, 1.807) is 0 Å². The third-order valence-corrected chi connectivity index (χ3v) is 7.74. The van der Waals surface area contributed by atoms with Crippen LogP contribution in [0.2, 0.25) is 0 Å². The minimum atomic E-state index is -0.912. The van der Waals surface area contributed by atoms with Gasteiger partial charge in [0.25, 0.3) is 0 Å². The summed E-state index contributed by atoms with van der Waals surface area (Å²) >= 11 is 1.48. The highest BCUT2D eigenvalue weighted by molar-refractivity contribution is 7.99. The van der Waals surface area contributed by atoms with Gasteiger partial charge >= 0.3 is 0 Å². The average molecular weight is 543 g/mol. The van der Waals surface area contributed by atoms with Gasteiger partial charge in [0.1, 0.15) is 29.9 Å². The van der Waals surface area contributed by atoms with Crippen LogP contribution in [0.1, 0.15) is 16.7 Å². The monoisotopic (exact) mass is 542 g/mol. The number of aliphatic hydroxyl groups excluding tert-OH is 1. The molecule has 5 rings (SSSR count). The zero-order valence-electron chi connectivity index (χ0n) is 21.8. The fourth-order valence-corrected chi connectivity index (χ4v) is 5.63. The molecule has 1 heterocycles. The molecule has 0 saturated carbocycles. The molecule has 1 fully saturated rings. The van der Waals surface area contributed by atoms with Gasteiger partial charge in [-0.05, 0) is 28.8 Å². The standard InChI is InChI=1S/C33H34O5S/c34-30-32(37-23-27-17-9-3-10-18-27)31(36-22-26-15-7-2-8-16-26)29(24-35-21-25-13-5-1-6-14-25)38-33(30)39-28-19-11-4-12-20-28/h1-20,29-34H,21-24H2/t29-,30-,31-,32-,33+/m1/s1. The first-order valence-corrected chi connectivity index (χ1v) is 14.1. The van der Waals surface area contributed by atoms with Gasteiger partial charge in [0.05, 0.1) is 26.4 Å². The Balaban J connectivity index is 1.37. The number of benzene rings is 4. The van der Waals surface area contributed by atoms with Crippen LogP contribution in [0, 0.1) is 0 Å². The molecule has 0 aliphatic carbocycles. The smallest absolute Gasteiger partial charge is 0.136 e. The maximum atomic E-state index is 11.6. The molecule has 5 nitrogen and oxygen atoms in total. The van der Waals surface area contributed by atoms with Gasteiger partial charge in [0.15, 0.2) is 0 Å². The zero-order valence-corrected chi connectivity index (χ0v) is 22.6. The molecule has 5 atom stereocenters. The first kappa shape index (κ1) is 27.6. The second-order valence-electron chi connectivity index (χ2n) is 9.49. The second-order valence-corrected chi connectivity index (χ2v) is 10.7. The van der Waals surface area contributed by atoms with Crippen LogP contribution in [0.3, 0.4) is 0 Å². The molecule has 0 spiro atoms. The minimum absolute atomic E-state index is 0.304. The molecule has 0 aromatic heterocycles. The van der Waals surface area contributed by atoms with Crippen molar-refractivity contribution < 1.29 is 24.1 Å². The SMILES string of the molecule is O[C@@H]1[C@@H](OCc2ccccc2)[C@H](OCc2ccccc2)[C@@H](COCc2ccccc2)O[C@H]1Sc1ccccc1. The number of rotatable bonds is 12. The summed E-state index contributed by atoms with van der Waals surface area (Å²) in [4.78, 5) is 1.01. The minimum Gasteiger partial charge on any atom is -0.387 e. The van der Waals surface area contributed by atoms with E-state index >= 15 is 0 Å². The first-order valence-electron chi connectivity index (χ1n) is 13.2. The topological polar surface area (TPSA) is 57.2 Å². The summed E-state index contributed by atoms with van der Waals surface area (Å²) in [7, 11) is 0. The highest BCUT2D eigenvalue weighted by Gasteiger charge is 2.47. The van der Waals surface area contributed by atoms with Crippen LogP contribution < -0.4 is 0 Å². The Hall–Kier alpha value is -2.97. The predicted octanol–water partition coefficient (Wildman–Crippen LogP) is 6.25. The molecule has 0 bridgehead atoms. The van der Waals surface area contributed by atoms with E-state index in [2.05, 4.69) is 0 Å². The van der Waals surface area contributed by atoms with Crippen LogP contribution in [0.25, 0.3) is 0 Å². The number of aliphatic hydroxyl groups is 1. The lowest BCUT2D eigenvalue weighted by Gasteiger charge is -2.44. The molecule has 39 heavy (non-hydrogen) atoms. The Labute approximate surface area is 234 Å². The highest BCUT2D eigenvalue weighted by atomic mass is 32.2. The van der Waals surface area contributed by atoms with E-state index in [0.717, 1.165) is 21.6 Å². The van der Waals surface area contributed by atoms with Gasteiger partial charge < -0.3 is 24.1 Å². The summed E-state index contributed by atoms with van der Waals surface area (Å²) < 4.78 is 25.5. The highest BCUT2D eigenvalue weighted by Crippen LogP contribution is 2.36. The van der Waals surface area contributed by atoms with Crippen molar-refractivity contribution in [1.82, 2.24) is 0 Å². The van der Waals surface area contributed by atoms with E-state index in [4.69, 9.17) is 18.9 Å². The Morgan fingerprint density at radius 3 is 1.59 bits per heavy atom. The molecule has 1 aliphatic rings. The second kappa shape index (κ2) is 14.4.